The van der Waals surface area contributed by atoms with Crippen LogP contribution in [0.15, 0.2) is 30.3 Å². The van der Waals surface area contributed by atoms with Crippen molar-refractivity contribution in [2.24, 2.45) is 0 Å². The number of nitrogens with one attached hydrogen (secondary N) is 2. The monoisotopic (exact) mass is 207 g/mol. The Hall–Kier alpha value is -1.42. The first-order chi connectivity index (χ1) is 6.72. The van der Waals surface area contributed by atoms with E-state index < -0.39 is 6.04 Å². The van der Waals surface area contributed by atoms with E-state index >= 15 is 0 Å². The lowest BCUT2D eigenvalue weighted by Crippen LogP contribution is -2.36. The van der Waals surface area contributed by atoms with Crippen molar-refractivity contribution < 1.29 is 4.79 Å². The third-order valence-corrected chi connectivity index (χ3v) is 1.78. The van der Waals surface area contributed by atoms with Gasteiger partial charge in [-0.25, -0.2) is 0 Å². The molecular weight excluding hydrogens is 196 g/mol. The van der Waals surface area contributed by atoms with E-state index in [1.165, 1.54) is 0 Å². The van der Waals surface area contributed by atoms with E-state index in [2.05, 4.69) is 10.6 Å². The SMILES string of the molecule is C[C@@H]([C]=O)NC(=S)Nc1ccccc1. The summed E-state index contributed by atoms with van der Waals surface area (Å²) < 4.78 is 0. The molecule has 73 valence electrons. The number of hydrogen-bond acceptors (Lipinski definition) is 2. The van der Waals surface area contributed by atoms with Gasteiger partial charge in [-0.2, -0.15) is 0 Å². The van der Waals surface area contributed by atoms with Gasteiger partial charge in [-0.05, 0) is 31.3 Å². The first-order valence-corrected chi connectivity index (χ1v) is 4.63. The Kier molecular flexibility index (Phi) is 4.07. The highest BCUT2D eigenvalue weighted by molar-refractivity contribution is 7.80. The minimum atomic E-state index is -0.390. The quantitative estimate of drug-likeness (QED) is 0.736. The molecule has 4 heteroatoms. The van der Waals surface area contributed by atoms with Crippen LogP contribution in [0.5, 0.6) is 0 Å². The highest BCUT2D eigenvalue weighted by Gasteiger charge is 2.02. The van der Waals surface area contributed by atoms with E-state index in [9.17, 15) is 4.79 Å². The zero-order valence-corrected chi connectivity index (χ0v) is 8.60. The van der Waals surface area contributed by atoms with Gasteiger partial charge in [0.05, 0.1) is 6.04 Å². The van der Waals surface area contributed by atoms with E-state index in [0.717, 1.165) is 5.69 Å². The number of benzene rings is 1. The number of rotatable bonds is 3. The summed E-state index contributed by atoms with van der Waals surface area (Å²) in [5.74, 6) is 0. The lowest BCUT2D eigenvalue weighted by molar-refractivity contribution is 0.540. The predicted molar refractivity (Wildman–Crippen MR) is 61.0 cm³/mol. The van der Waals surface area contributed by atoms with Gasteiger partial charge in [0.15, 0.2) is 5.11 Å². The molecule has 1 aromatic carbocycles. The van der Waals surface area contributed by atoms with Crippen molar-refractivity contribution in [3.63, 3.8) is 0 Å². The highest BCUT2D eigenvalue weighted by atomic mass is 32.1. The topological polar surface area (TPSA) is 41.1 Å². The van der Waals surface area contributed by atoms with Crippen molar-refractivity contribution in [1.29, 1.82) is 0 Å². The van der Waals surface area contributed by atoms with Crippen LogP contribution in [0.4, 0.5) is 5.69 Å². The van der Waals surface area contributed by atoms with Gasteiger partial charge in [0.1, 0.15) is 0 Å². The molecule has 3 nitrogen and oxygen atoms in total. The molecule has 0 bridgehead atoms. The van der Waals surface area contributed by atoms with Gasteiger partial charge in [-0.15, -0.1) is 0 Å². The molecule has 2 N–H and O–H groups in total. The van der Waals surface area contributed by atoms with Crippen LogP contribution in [0, 0.1) is 0 Å². The fourth-order valence-electron chi connectivity index (χ4n) is 0.915. The molecule has 0 aliphatic carbocycles. The lowest BCUT2D eigenvalue weighted by atomic mass is 10.3. The number of carbonyl (C=O) groups excluding carboxylic acids is 1. The molecule has 0 aromatic heterocycles. The second-order valence-electron chi connectivity index (χ2n) is 2.80. The molecule has 1 atom stereocenters. The number of para-hydroxylation sites is 1. The lowest BCUT2D eigenvalue weighted by Gasteiger charge is -2.11. The molecule has 0 heterocycles. The minimum Gasteiger partial charge on any atom is -0.352 e. The summed E-state index contributed by atoms with van der Waals surface area (Å²) in [5.41, 5.74) is 0.892. The maximum absolute atomic E-state index is 10.2. The second-order valence-corrected chi connectivity index (χ2v) is 3.21. The smallest absolute Gasteiger partial charge is 0.222 e. The van der Waals surface area contributed by atoms with Gasteiger partial charge in [0.2, 0.25) is 6.29 Å². The number of anilines is 1. The Morgan fingerprint density at radius 3 is 2.64 bits per heavy atom. The van der Waals surface area contributed by atoms with Crippen LogP contribution >= 0.6 is 12.2 Å². The largest absolute Gasteiger partial charge is 0.352 e. The van der Waals surface area contributed by atoms with Gasteiger partial charge >= 0.3 is 0 Å². The van der Waals surface area contributed by atoms with E-state index in [-0.39, 0.29) is 0 Å². The van der Waals surface area contributed by atoms with Crippen LogP contribution in [-0.2, 0) is 4.79 Å². The molecule has 1 radical (unpaired) electrons. The predicted octanol–water partition coefficient (Wildman–Crippen LogP) is 1.47. The van der Waals surface area contributed by atoms with Crippen LogP contribution in [0.25, 0.3) is 0 Å². The normalized spacial score (nSPS) is 11.5. The van der Waals surface area contributed by atoms with Crippen molar-refractivity contribution in [2.45, 2.75) is 13.0 Å². The molecule has 1 rings (SSSR count). The molecule has 1 aromatic rings. The molecule has 0 unspecified atom stereocenters. The fraction of sp³-hybridized carbons (Fsp3) is 0.200. The van der Waals surface area contributed by atoms with Gasteiger partial charge < -0.3 is 10.6 Å². The number of hydrogen-bond donors (Lipinski definition) is 2. The van der Waals surface area contributed by atoms with E-state index in [1.807, 2.05) is 30.3 Å². The summed E-state index contributed by atoms with van der Waals surface area (Å²) >= 11 is 4.98. The molecule has 0 saturated carbocycles. The maximum Gasteiger partial charge on any atom is 0.222 e. The summed E-state index contributed by atoms with van der Waals surface area (Å²) in [7, 11) is 0. The van der Waals surface area contributed by atoms with E-state index in [4.69, 9.17) is 12.2 Å². The van der Waals surface area contributed by atoms with Crippen molar-refractivity contribution in [3.8, 4) is 0 Å². The average molecular weight is 207 g/mol. The summed E-state index contributed by atoms with van der Waals surface area (Å²) in [6.45, 7) is 1.69. The Balaban J connectivity index is 2.46. The molecule has 14 heavy (non-hydrogen) atoms. The molecule has 0 amide bonds. The molecule has 0 saturated heterocycles. The molecule has 0 aliphatic rings. The van der Waals surface area contributed by atoms with Crippen molar-refractivity contribution in [3.05, 3.63) is 30.3 Å². The standard InChI is InChI=1S/C10H11N2OS/c1-8(7-13)11-10(14)12-9-5-3-2-4-6-9/h2-6,8H,1H3,(H2,11,12,14)/t8-/m0/s1. The van der Waals surface area contributed by atoms with Crippen LogP contribution in [0.1, 0.15) is 6.92 Å². The zero-order chi connectivity index (χ0) is 10.4. The van der Waals surface area contributed by atoms with Gasteiger partial charge in [-0.1, -0.05) is 18.2 Å². The summed E-state index contributed by atoms with van der Waals surface area (Å²) in [5, 5.41) is 6.15. The maximum atomic E-state index is 10.2. The molecule has 0 fully saturated rings. The van der Waals surface area contributed by atoms with Gasteiger partial charge in [0.25, 0.3) is 0 Å². The Bertz CT molecular complexity index is 313. The van der Waals surface area contributed by atoms with Crippen molar-refractivity contribution >= 4 is 29.3 Å². The van der Waals surface area contributed by atoms with Crippen LogP contribution in [0.2, 0.25) is 0 Å². The summed E-state index contributed by atoms with van der Waals surface area (Å²) in [6.07, 6.45) is 1.79. The summed E-state index contributed by atoms with van der Waals surface area (Å²) in [4.78, 5) is 10.2. The van der Waals surface area contributed by atoms with E-state index in [1.54, 1.807) is 13.2 Å². The molecule has 0 aliphatic heterocycles. The molecule has 0 spiro atoms. The third kappa shape index (κ3) is 3.53. The first kappa shape index (κ1) is 10.7. The average Bonchev–Trinajstić information content (AvgIpc) is 2.19. The van der Waals surface area contributed by atoms with Crippen LogP contribution in [0.3, 0.4) is 0 Å². The van der Waals surface area contributed by atoms with Crippen LogP contribution < -0.4 is 10.6 Å². The Labute approximate surface area is 88.5 Å². The third-order valence-electron chi connectivity index (χ3n) is 1.56. The first-order valence-electron chi connectivity index (χ1n) is 4.22. The fourth-order valence-corrected chi connectivity index (χ4v) is 1.21. The van der Waals surface area contributed by atoms with Crippen molar-refractivity contribution in [2.75, 3.05) is 5.32 Å². The zero-order valence-electron chi connectivity index (χ0n) is 7.78. The van der Waals surface area contributed by atoms with E-state index in [0.29, 0.717) is 5.11 Å². The van der Waals surface area contributed by atoms with Crippen molar-refractivity contribution in [1.82, 2.24) is 5.32 Å². The molecular formula is C10H11N2OS. The number of thiocarbonyl (C=S) groups is 1. The van der Waals surface area contributed by atoms with Crippen LogP contribution in [-0.4, -0.2) is 17.4 Å². The van der Waals surface area contributed by atoms with Gasteiger partial charge in [0, 0.05) is 5.69 Å². The summed E-state index contributed by atoms with van der Waals surface area (Å²) in [6, 6.07) is 9.12. The van der Waals surface area contributed by atoms with Gasteiger partial charge in [-0.3, -0.25) is 4.79 Å². The Morgan fingerprint density at radius 1 is 1.43 bits per heavy atom. The second kappa shape index (κ2) is 5.34. The minimum absolute atomic E-state index is 0.390. The Morgan fingerprint density at radius 2 is 2.07 bits per heavy atom. The highest BCUT2D eigenvalue weighted by Crippen LogP contribution is 2.04.